The van der Waals surface area contributed by atoms with Crippen molar-refractivity contribution in [3.05, 3.63) is 53.2 Å². The molecule has 3 aromatic rings. The van der Waals surface area contributed by atoms with Crippen LogP contribution in [0.25, 0.3) is 10.9 Å². The number of aryl methyl sites for hydroxylation is 1. The normalized spacial score (nSPS) is 11.8. The Bertz CT molecular complexity index is 1060. The molecule has 0 fully saturated rings. The molecule has 1 N–H and O–H groups in total. The van der Waals surface area contributed by atoms with Crippen molar-refractivity contribution < 1.29 is 28.5 Å². The number of aromatic nitrogens is 1. The first-order chi connectivity index (χ1) is 14.4. The Balaban J connectivity index is 1.76. The zero-order chi connectivity index (χ0) is 21.8. The Morgan fingerprint density at radius 3 is 2.23 bits per heavy atom. The maximum Gasteiger partial charge on any atom is 0.310 e. The predicted molar refractivity (Wildman–Crippen MR) is 113 cm³/mol. The van der Waals surface area contributed by atoms with E-state index in [1.54, 1.807) is 19.1 Å². The van der Waals surface area contributed by atoms with Gasteiger partial charge in [-0.05, 0) is 37.6 Å². The third-order valence-electron chi connectivity index (χ3n) is 4.89. The molecule has 7 heteroatoms. The number of H-pyrrole nitrogens is 1. The van der Waals surface area contributed by atoms with Crippen molar-refractivity contribution in [1.29, 1.82) is 0 Å². The topological polar surface area (TPSA) is 86.9 Å². The van der Waals surface area contributed by atoms with E-state index in [-0.39, 0.29) is 12.2 Å². The maximum atomic E-state index is 13.0. The molecule has 0 saturated heterocycles. The highest BCUT2D eigenvalue weighted by molar-refractivity contribution is 6.11. The molecule has 0 aliphatic rings. The van der Waals surface area contributed by atoms with Gasteiger partial charge < -0.3 is 23.9 Å². The lowest BCUT2D eigenvalue weighted by Crippen LogP contribution is -2.25. The lowest BCUT2D eigenvalue weighted by molar-refractivity contribution is -0.145. The summed E-state index contributed by atoms with van der Waals surface area (Å²) in [5.74, 6) is 0.553. The minimum atomic E-state index is -0.919. The number of fused-ring (bicyclic) bond motifs is 1. The van der Waals surface area contributed by atoms with Crippen LogP contribution in [0.3, 0.4) is 0 Å². The van der Waals surface area contributed by atoms with Crippen LogP contribution in [0.15, 0.2) is 36.4 Å². The van der Waals surface area contributed by atoms with E-state index in [1.165, 1.54) is 21.3 Å². The molecule has 3 rings (SSSR count). The van der Waals surface area contributed by atoms with E-state index in [9.17, 15) is 9.59 Å². The van der Waals surface area contributed by atoms with Crippen LogP contribution >= 0.6 is 0 Å². The number of Topliss-reactive ketones (excluding diaryl/α,β-unsaturated/α-hetero) is 1. The molecule has 7 nitrogen and oxygen atoms in total. The van der Waals surface area contributed by atoms with Gasteiger partial charge in [-0.15, -0.1) is 0 Å². The quantitative estimate of drug-likeness (QED) is 0.447. The summed E-state index contributed by atoms with van der Waals surface area (Å²) in [5.41, 5.74) is 2.78. The molecule has 0 unspecified atom stereocenters. The van der Waals surface area contributed by atoms with Crippen LogP contribution in [0.4, 0.5) is 0 Å². The monoisotopic (exact) mass is 411 g/mol. The van der Waals surface area contributed by atoms with E-state index in [0.29, 0.717) is 28.4 Å². The molecular formula is C23H25NO6. The standard InChI is InChI=1S/C23H25NO6/c1-13-21(16-8-6-7-9-17(16)24-13)22(26)14(2)30-20(25)12-15-10-18(27-3)23(29-5)19(11-15)28-4/h6-11,14,24H,12H2,1-5H3/t14-/m0/s1. The molecule has 0 saturated carbocycles. The van der Waals surface area contributed by atoms with E-state index in [2.05, 4.69) is 4.98 Å². The second-order valence-electron chi connectivity index (χ2n) is 6.88. The maximum absolute atomic E-state index is 13.0. The van der Waals surface area contributed by atoms with Gasteiger partial charge in [-0.3, -0.25) is 9.59 Å². The van der Waals surface area contributed by atoms with Crippen LogP contribution in [0.2, 0.25) is 0 Å². The molecule has 0 amide bonds. The average Bonchev–Trinajstić information content (AvgIpc) is 3.07. The predicted octanol–water partition coefficient (Wildman–Crippen LogP) is 3.86. The van der Waals surface area contributed by atoms with Crippen molar-refractivity contribution in [2.24, 2.45) is 0 Å². The number of aromatic amines is 1. The number of ketones is 1. The summed E-state index contributed by atoms with van der Waals surface area (Å²) in [6, 6.07) is 10.9. The molecule has 1 atom stereocenters. The summed E-state index contributed by atoms with van der Waals surface area (Å²) in [5, 5.41) is 0.813. The van der Waals surface area contributed by atoms with E-state index < -0.39 is 12.1 Å². The van der Waals surface area contributed by atoms with Crippen molar-refractivity contribution in [1.82, 2.24) is 4.98 Å². The second kappa shape index (κ2) is 8.90. The van der Waals surface area contributed by atoms with E-state index >= 15 is 0 Å². The van der Waals surface area contributed by atoms with Crippen molar-refractivity contribution in [3.8, 4) is 17.2 Å². The fraction of sp³-hybridized carbons (Fsp3) is 0.304. The largest absolute Gasteiger partial charge is 0.493 e. The minimum absolute atomic E-state index is 0.0405. The molecule has 0 radical (unpaired) electrons. The average molecular weight is 411 g/mol. The zero-order valence-corrected chi connectivity index (χ0v) is 17.7. The van der Waals surface area contributed by atoms with Gasteiger partial charge in [0.1, 0.15) is 0 Å². The summed E-state index contributed by atoms with van der Waals surface area (Å²) in [6.45, 7) is 3.41. The summed E-state index contributed by atoms with van der Waals surface area (Å²) >= 11 is 0. The second-order valence-corrected chi connectivity index (χ2v) is 6.88. The van der Waals surface area contributed by atoms with Crippen molar-refractivity contribution >= 4 is 22.7 Å². The van der Waals surface area contributed by atoms with Crippen LogP contribution in [0.1, 0.15) is 28.5 Å². The minimum Gasteiger partial charge on any atom is -0.493 e. The van der Waals surface area contributed by atoms with Gasteiger partial charge in [-0.2, -0.15) is 0 Å². The van der Waals surface area contributed by atoms with Crippen molar-refractivity contribution in [3.63, 3.8) is 0 Å². The Kier molecular flexibility index (Phi) is 6.30. The molecular weight excluding hydrogens is 386 g/mol. The Hall–Kier alpha value is -3.48. The van der Waals surface area contributed by atoms with Gasteiger partial charge in [-0.1, -0.05) is 18.2 Å². The summed E-state index contributed by atoms with van der Waals surface area (Å²) in [4.78, 5) is 28.7. The number of carbonyl (C=O) groups excluding carboxylic acids is 2. The number of ether oxygens (including phenoxy) is 4. The summed E-state index contributed by atoms with van der Waals surface area (Å²) in [7, 11) is 4.52. The number of benzene rings is 2. The molecule has 158 valence electrons. The van der Waals surface area contributed by atoms with Gasteiger partial charge in [0.2, 0.25) is 11.5 Å². The zero-order valence-electron chi connectivity index (χ0n) is 17.7. The highest BCUT2D eigenvalue weighted by Crippen LogP contribution is 2.38. The number of hydrogen-bond donors (Lipinski definition) is 1. The van der Waals surface area contributed by atoms with Gasteiger partial charge in [0, 0.05) is 22.2 Å². The fourth-order valence-corrected chi connectivity index (χ4v) is 3.49. The lowest BCUT2D eigenvalue weighted by atomic mass is 10.0. The molecule has 1 aromatic heterocycles. The Morgan fingerprint density at radius 2 is 1.63 bits per heavy atom. The molecule has 0 spiro atoms. The van der Waals surface area contributed by atoms with Crippen molar-refractivity contribution in [2.45, 2.75) is 26.4 Å². The highest BCUT2D eigenvalue weighted by Gasteiger charge is 2.25. The summed E-state index contributed by atoms with van der Waals surface area (Å²) < 4.78 is 21.3. The van der Waals surface area contributed by atoms with Crippen LogP contribution in [0.5, 0.6) is 17.2 Å². The van der Waals surface area contributed by atoms with Gasteiger partial charge >= 0.3 is 5.97 Å². The number of rotatable bonds is 8. The number of esters is 1. The van der Waals surface area contributed by atoms with Crippen LogP contribution in [-0.2, 0) is 16.0 Å². The SMILES string of the molecule is COc1cc(CC(=O)O[C@@H](C)C(=O)c2c(C)[nH]c3ccccc23)cc(OC)c1OC. The number of methoxy groups -OCH3 is 3. The van der Waals surface area contributed by atoms with E-state index in [1.807, 2.05) is 31.2 Å². The molecule has 30 heavy (non-hydrogen) atoms. The molecule has 2 aromatic carbocycles. The first kappa shape index (κ1) is 21.2. The van der Waals surface area contributed by atoms with Gasteiger partial charge in [0.25, 0.3) is 0 Å². The fourth-order valence-electron chi connectivity index (χ4n) is 3.49. The Morgan fingerprint density at radius 1 is 1.00 bits per heavy atom. The molecule has 0 aliphatic carbocycles. The van der Waals surface area contributed by atoms with Gasteiger partial charge in [0.05, 0.1) is 27.8 Å². The number of hydrogen-bond acceptors (Lipinski definition) is 6. The molecule has 0 bridgehead atoms. The lowest BCUT2D eigenvalue weighted by Gasteiger charge is -2.15. The van der Waals surface area contributed by atoms with Gasteiger partial charge in [0.15, 0.2) is 17.6 Å². The van der Waals surface area contributed by atoms with E-state index in [0.717, 1.165) is 16.6 Å². The molecule has 0 aliphatic heterocycles. The summed E-state index contributed by atoms with van der Waals surface area (Å²) in [6.07, 6.45) is -0.960. The van der Waals surface area contributed by atoms with Crippen LogP contribution in [0, 0.1) is 6.92 Å². The smallest absolute Gasteiger partial charge is 0.310 e. The van der Waals surface area contributed by atoms with Crippen LogP contribution < -0.4 is 14.2 Å². The Labute approximate surface area is 174 Å². The first-order valence-electron chi connectivity index (χ1n) is 9.49. The third kappa shape index (κ3) is 4.10. The van der Waals surface area contributed by atoms with Crippen molar-refractivity contribution in [2.75, 3.05) is 21.3 Å². The number of para-hydroxylation sites is 1. The number of nitrogens with one attached hydrogen (secondary N) is 1. The number of carbonyl (C=O) groups is 2. The molecule has 1 heterocycles. The highest BCUT2D eigenvalue weighted by atomic mass is 16.5. The first-order valence-corrected chi connectivity index (χ1v) is 9.49. The third-order valence-corrected chi connectivity index (χ3v) is 4.89. The van der Waals surface area contributed by atoms with Gasteiger partial charge in [-0.25, -0.2) is 0 Å². The van der Waals surface area contributed by atoms with Crippen LogP contribution in [-0.4, -0.2) is 44.2 Å². The van der Waals surface area contributed by atoms with E-state index in [4.69, 9.17) is 18.9 Å².